The molecule has 1 rings (SSSR count). The monoisotopic (exact) mass is 266 g/mol. The molecule has 2 nitrogen and oxygen atoms in total. The fourth-order valence-corrected chi connectivity index (χ4v) is 1.96. The van der Waals surface area contributed by atoms with Gasteiger partial charge in [-0.1, -0.05) is 29.8 Å². The molecule has 0 N–H and O–H groups in total. The Kier molecular flexibility index (Phi) is 6.51. The lowest BCUT2D eigenvalue weighted by molar-refractivity contribution is -0.143. The molecule has 0 bridgehead atoms. The van der Waals surface area contributed by atoms with Gasteiger partial charge in [-0.2, -0.15) is 0 Å². The summed E-state index contributed by atoms with van der Waals surface area (Å²) in [6.45, 7) is 6.11. The second-order valence-electron chi connectivity index (χ2n) is 4.09. The Morgan fingerprint density at radius 2 is 2.11 bits per heavy atom. The van der Waals surface area contributed by atoms with E-state index < -0.39 is 0 Å². The predicted molar refractivity (Wildman–Crippen MR) is 74.9 cm³/mol. The van der Waals surface area contributed by atoms with E-state index in [9.17, 15) is 4.79 Å². The van der Waals surface area contributed by atoms with Crippen LogP contribution in [0.2, 0.25) is 5.02 Å². The lowest BCUT2D eigenvalue weighted by Gasteiger charge is -2.12. The molecule has 0 saturated carbocycles. The van der Waals surface area contributed by atoms with Gasteiger partial charge in [0, 0.05) is 17.4 Å². The zero-order valence-electron chi connectivity index (χ0n) is 10.7. The largest absolute Gasteiger partial charge is 0.466 e. The lowest BCUT2D eigenvalue weighted by atomic mass is 9.94. The highest BCUT2D eigenvalue weighted by molar-refractivity contribution is 6.30. The van der Waals surface area contributed by atoms with Gasteiger partial charge in [-0.15, -0.1) is 6.58 Å². The number of allylic oxidation sites excluding steroid dienone is 1. The molecule has 0 aliphatic rings. The number of hydrogen-bond acceptors (Lipinski definition) is 2. The molecule has 0 radical (unpaired) electrons. The molecule has 0 aliphatic heterocycles. The number of benzene rings is 1. The highest BCUT2D eigenvalue weighted by Crippen LogP contribution is 2.24. The summed E-state index contributed by atoms with van der Waals surface area (Å²) in [5.41, 5.74) is 1.18. The first kappa shape index (κ1) is 14.8. The Balaban J connectivity index is 2.45. The number of rotatable bonds is 7. The molecule has 1 atom stereocenters. The highest BCUT2D eigenvalue weighted by atomic mass is 35.5. The van der Waals surface area contributed by atoms with E-state index in [1.54, 1.807) is 0 Å². The van der Waals surface area contributed by atoms with Crippen LogP contribution in [0.1, 0.15) is 37.7 Å². The first-order chi connectivity index (χ1) is 8.67. The summed E-state index contributed by atoms with van der Waals surface area (Å²) in [4.78, 5) is 11.2. The SMILES string of the molecule is C=C[C@H](CCCC(=O)OCC)c1ccc(Cl)cc1. The van der Waals surface area contributed by atoms with Crippen molar-refractivity contribution < 1.29 is 9.53 Å². The van der Waals surface area contributed by atoms with Crippen molar-refractivity contribution in [1.29, 1.82) is 0 Å². The van der Waals surface area contributed by atoms with Crippen LogP contribution in [0.15, 0.2) is 36.9 Å². The zero-order chi connectivity index (χ0) is 13.4. The van der Waals surface area contributed by atoms with Crippen LogP contribution < -0.4 is 0 Å². The van der Waals surface area contributed by atoms with Crippen LogP contribution in [0.25, 0.3) is 0 Å². The fraction of sp³-hybridized carbons (Fsp3) is 0.400. The van der Waals surface area contributed by atoms with Crippen molar-refractivity contribution in [2.75, 3.05) is 6.61 Å². The van der Waals surface area contributed by atoms with Crippen LogP contribution in [-0.4, -0.2) is 12.6 Å². The maximum Gasteiger partial charge on any atom is 0.305 e. The van der Waals surface area contributed by atoms with Gasteiger partial charge in [-0.05, 0) is 37.5 Å². The van der Waals surface area contributed by atoms with Gasteiger partial charge in [-0.3, -0.25) is 4.79 Å². The number of hydrogen-bond donors (Lipinski definition) is 0. The second-order valence-corrected chi connectivity index (χ2v) is 4.53. The maximum absolute atomic E-state index is 11.2. The summed E-state index contributed by atoms with van der Waals surface area (Å²) in [5, 5.41) is 0.730. The maximum atomic E-state index is 11.2. The van der Waals surface area contributed by atoms with Crippen molar-refractivity contribution >= 4 is 17.6 Å². The van der Waals surface area contributed by atoms with Crippen molar-refractivity contribution in [3.8, 4) is 0 Å². The van der Waals surface area contributed by atoms with Crippen molar-refractivity contribution in [2.24, 2.45) is 0 Å². The molecule has 0 aromatic heterocycles. The first-order valence-electron chi connectivity index (χ1n) is 6.21. The number of carbonyl (C=O) groups excluding carboxylic acids is 1. The predicted octanol–water partition coefficient (Wildman–Crippen LogP) is 4.34. The summed E-state index contributed by atoms with van der Waals surface area (Å²) in [7, 11) is 0. The Bertz CT molecular complexity index is 384. The van der Waals surface area contributed by atoms with Gasteiger partial charge in [-0.25, -0.2) is 0 Å². The molecule has 0 unspecified atom stereocenters. The topological polar surface area (TPSA) is 26.3 Å². The Hall–Kier alpha value is -1.28. The standard InChI is InChI=1S/C15H19ClO2/c1-3-12(6-5-7-15(17)18-4-2)13-8-10-14(16)11-9-13/h3,8-12H,1,4-7H2,2H3/t12-/m1/s1. The smallest absolute Gasteiger partial charge is 0.305 e. The molecule has 0 aliphatic carbocycles. The van der Waals surface area contributed by atoms with Crippen molar-refractivity contribution in [3.63, 3.8) is 0 Å². The Morgan fingerprint density at radius 3 is 2.67 bits per heavy atom. The molecule has 0 fully saturated rings. The molecule has 1 aromatic rings. The molecular formula is C15H19ClO2. The third-order valence-corrected chi connectivity index (χ3v) is 3.04. The molecule has 0 saturated heterocycles. The van der Waals surface area contributed by atoms with Crippen LogP contribution in [-0.2, 0) is 9.53 Å². The molecule has 0 spiro atoms. The highest BCUT2D eigenvalue weighted by Gasteiger charge is 2.09. The summed E-state index contributed by atoms with van der Waals surface area (Å²) >= 11 is 5.85. The molecule has 0 amide bonds. The number of halogens is 1. The number of esters is 1. The second kappa shape index (κ2) is 7.93. The average molecular weight is 267 g/mol. The van der Waals surface area contributed by atoms with Gasteiger partial charge >= 0.3 is 5.97 Å². The van der Waals surface area contributed by atoms with Crippen molar-refractivity contribution in [3.05, 3.63) is 47.5 Å². The summed E-state index contributed by atoms with van der Waals surface area (Å²) in [5.74, 6) is 0.133. The van der Waals surface area contributed by atoms with E-state index in [1.165, 1.54) is 5.56 Å². The Morgan fingerprint density at radius 1 is 1.44 bits per heavy atom. The number of ether oxygens (including phenoxy) is 1. The first-order valence-corrected chi connectivity index (χ1v) is 6.58. The minimum atomic E-state index is -0.128. The van der Waals surface area contributed by atoms with E-state index in [-0.39, 0.29) is 11.9 Å². The molecule has 0 heterocycles. The quantitative estimate of drug-likeness (QED) is 0.542. The van der Waals surface area contributed by atoms with E-state index in [1.807, 2.05) is 37.3 Å². The molecule has 18 heavy (non-hydrogen) atoms. The van der Waals surface area contributed by atoms with E-state index in [0.717, 1.165) is 17.9 Å². The normalized spacial score (nSPS) is 11.9. The Labute approximate surface area is 114 Å². The minimum Gasteiger partial charge on any atom is -0.466 e. The van der Waals surface area contributed by atoms with Gasteiger partial charge in [0.1, 0.15) is 0 Å². The van der Waals surface area contributed by atoms with Gasteiger partial charge < -0.3 is 4.74 Å². The van der Waals surface area contributed by atoms with Gasteiger partial charge in [0.2, 0.25) is 0 Å². The van der Waals surface area contributed by atoms with Crippen LogP contribution in [0.3, 0.4) is 0 Å². The summed E-state index contributed by atoms with van der Waals surface area (Å²) in [6.07, 6.45) is 4.07. The van der Waals surface area contributed by atoms with Crippen molar-refractivity contribution in [1.82, 2.24) is 0 Å². The van der Waals surface area contributed by atoms with Crippen molar-refractivity contribution in [2.45, 2.75) is 32.1 Å². The molecular weight excluding hydrogens is 248 g/mol. The van der Waals surface area contributed by atoms with Crippen LogP contribution in [0, 0.1) is 0 Å². The lowest BCUT2D eigenvalue weighted by Crippen LogP contribution is -2.04. The molecule has 1 aromatic carbocycles. The van der Waals surface area contributed by atoms with Gasteiger partial charge in [0.15, 0.2) is 0 Å². The van der Waals surface area contributed by atoms with Crippen LogP contribution in [0.4, 0.5) is 0 Å². The van der Waals surface area contributed by atoms with E-state index in [4.69, 9.17) is 16.3 Å². The third kappa shape index (κ3) is 4.92. The number of carbonyl (C=O) groups is 1. The van der Waals surface area contributed by atoms with Crippen LogP contribution in [0.5, 0.6) is 0 Å². The van der Waals surface area contributed by atoms with Gasteiger partial charge in [0.25, 0.3) is 0 Å². The summed E-state index contributed by atoms with van der Waals surface area (Å²) in [6, 6.07) is 7.75. The molecule has 3 heteroatoms. The minimum absolute atomic E-state index is 0.128. The van der Waals surface area contributed by atoms with Crippen LogP contribution >= 0.6 is 11.6 Å². The van der Waals surface area contributed by atoms with E-state index in [2.05, 4.69) is 6.58 Å². The molecule has 98 valence electrons. The average Bonchev–Trinajstić information content (AvgIpc) is 2.36. The summed E-state index contributed by atoms with van der Waals surface area (Å²) < 4.78 is 4.90. The fourth-order valence-electron chi connectivity index (χ4n) is 1.83. The van der Waals surface area contributed by atoms with Gasteiger partial charge in [0.05, 0.1) is 6.61 Å². The van der Waals surface area contributed by atoms with E-state index in [0.29, 0.717) is 13.0 Å². The zero-order valence-corrected chi connectivity index (χ0v) is 11.5. The van der Waals surface area contributed by atoms with E-state index >= 15 is 0 Å². The third-order valence-electron chi connectivity index (χ3n) is 2.78.